The highest BCUT2D eigenvalue weighted by Crippen LogP contribution is 2.20. The van der Waals surface area contributed by atoms with Crippen LogP contribution in [0.1, 0.15) is 13.8 Å². The van der Waals surface area contributed by atoms with Gasteiger partial charge in [0.05, 0.1) is 5.69 Å². The highest BCUT2D eigenvalue weighted by atomic mass is 16.8. The van der Waals surface area contributed by atoms with Crippen molar-refractivity contribution in [2.75, 3.05) is 36.3 Å². The molecule has 2 rings (SSSR count). The molecule has 0 spiro atoms. The molecule has 1 heterocycles. The minimum atomic E-state index is 0.139. The highest BCUT2D eigenvalue weighted by Gasteiger charge is 2.18. The molecule has 1 saturated heterocycles. The number of hydrogen-bond acceptors (Lipinski definition) is 5. The summed E-state index contributed by atoms with van der Waals surface area (Å²) in [7, 11) is 0. The van der Waals surface area contributed by atoms with Crippen LogP contribution in [0.15, 0.2) is 24.3 Å². The van der Waals surface area contributed by atoms with Gasteiger partial charge >= 0.3 is 0 Å². The fraction of sp³-hybridized carbons (Fsp3) is 0.538. The zero-order chi connectivity index (χ0) is 13.1. The molecule has 0 saturated carbocycles. The third-order valence-corrected chi connectivity index (χ3v) is 3.49. The lowest BCUT2D eigenvalue weighted by Crippen LogP contribution is -2.48. The van der Waals surface area contributed by atoms with E-state index in [1.807, 2.05) is 12.1 Å². The normalized spacial score (nSPS) is 17.3. The van der Waals surface area contributed by atoms with E-state index in [4.69, 9.17) is 10.4 Å². The van der Waals surface area contributed by atoms with Gasteiger partial charge in [0.2, 0.25) is 0 Å². The van der Waals surface area contributed by atoms with Crippen molar-refractivity contribution >= 4 is 11.4 Å². The van der Waals surface area contributed by atoms with E-state index < -0.39 is 0 Å². The molecule has 1 aliphatic rings. The Hall–Kier alpha value is -1.30. The first-order valence-corrected chi connectivity index (χ1v) is 6.35. The monoisotopic (exact) mass is 251 g/mol. The zero-order valence-corrected chi connectivity index (χ0v) is 11.0. The third kappa shape index (κ3) is 2.93. The number of rotatable bonds is 3. The van der Waals surface area contributed by atoms with Gasteiger partial charge in [-0.25, -0.2) is 0 Å². The molecule has 18 heavy (non-hydrogen) atoms. The summed E-state index contributed by atoms with van der Waals surface area (Å²) in [6.45, 7) is 8.62. The Bertz CT molecular complexity index is 370. The van der Waals surface area contributed by atoms with Crippen LogP contribution in [0.5, 0.6) is 0 Å². The van der Waals surface area contributed by atoms with Crippen LogP contribution >= 0.6 is 0 Å². The molecule has 0 bridgehead atoms. The summed E-state index contributed by atoms with van der Waals surface area (Å²) >= 11 is 0. The second kappa shape index (κ2) is 5.56. The molecule has 0 amide bonds. The molecular weight excluding hydrogens is 230 g/mol. The van der Waals surface area contributed by atoms with Crippen LogP contribution in [-0.2, 0) is 0 Å². The molecule has 0 aliphatic carbocycles. The molecule has 0 aromatic heterocycles. The number of nitrogens with zero attached hydrogens (tertiary/aromatic N) is 3. The van der Waals surface area contributed by atoms with E-state index in [0.29, 0.717) is 11.7 Å². The van der Waals surface area contributed by atoms with Crippen LogP contribution in [-0.4, -0.2) is 47.5 Å². The van der Waals surface area contributed by atoms with Crippen LogP contribution in [0.4, 0.5) is 11.4 Å². The van der Waals surface area contributed by atoms with Gasteiger partial charge in [-0.2, -0.15) is 0 Å². The first-order chi connectivity index (χ1) is 8.58. The Morgan fingerprint density at radius 2 is 1.56 bits per heavy atom. The fourth-order valence-electron chi connectivity index (χ4n) is 2.29. The maximum atomic E-state index is 8.89. The smallest absolute Gasteiger partial charge is 0.0944 e. The standard InChI is InChI=1S/C13H21N3O2/c1-11(2)14-7-9-15(10-8-14)12-3-5-13(6-4-12)16(17)18/h3-6,11,17-18H,7-10H2,1-2H3. The van der Waals surface area contributed by atoms with Gasteiger partial charge in [-0.1, -0.05) is 0 Å². The van der Waals surface area contributed by atoms with Crippen LogP contribution in [0.2, 0.25) is 0 Å². The zero-order valence-electron chi connectivity index (χ0n) is 11.0. The first-order valence-electron chi connectivity index (χ1n) is 6.35. The van der Waals surface area contributed by atoms with Crippen LogP contribution < -0.4 is 10.1 Å². The van der Waals surface area contributed by atoms with E-state index in [1.165, 1.54) is 0 Å². The summed E-state index contributed by atoms with van der Waals surface area (Å²) < 4.78 is 0. The van der Waals surface area contributed by atoms with E-state index in [-0.39, 0.29) is 5.23 Å². The Morgan fingerprint density at radius 3 is 2.00 bits per heavy atom. The average molecular weight is 251 g/mol. The van der Waals surface area contributed by atoms with Crippen molar-refractivity contribution in [3.8, 4) is 0 Å². The topological polar surface area (TPSA) is 50.2 Å². The Morgan fingerprint density at radius 1 is 1.00 bits per heavy atom. The molecule has 1 aromatic rings. The van der Waals surface area contributed by atoms with Crippen molar-refractivity contribution in [3.63, 3.8) is 0 Å². The van der Waals surface area contributed by atoms with Crippen molar-refractivity contribution in [2.45, 2.75) is 19.9 Å². The first kappa shape index (κ1) is 13.1. The SMILES string of the molecule is CC(C)N1CCN(c2ccc(N(O)O)cc2)CC1. The van der Waals surface area contributed by atoms with E-state index in [0.717, 1.165) is 31.9 Å². The van der Waals surface area contributed by atoms with Gasteiger partial charge < -0.3 is 4.90 Å². The quantitative estimate of drug-likeness (QED) is 0.802. The molecule has 1 fully saturated rings. The second-order valence-corrected chi connectivity index (χ2v) is 4.92. The summed E-state index contributed by atoms with van der Waals surface area (Å²) in [6.07, 6.45) is 0. The van der Waals surface area contributed by atoms with Crippen molar-refractivity contribution in [1.29, 1.82) is 0 Å². The summed E-state index contributed by atoms with van der Waals surface area (Å²) in [5.74, 6) is 0. The van der Waals surface area contributed by atoms with E-state index in [2.05, 4.69) is 23.6 Å². The molecule has 0 atom stereocenters. The Labute approximate surface area is 108 Å². The highest BCUT2D eigenvalue weighted by molar-refractivity contribution is 5.54. The van der Waals surface area contributed by atoms with Crippen LogP contribution in [0.25, 0.3) is 0 Å². The molecule has 5 nitrogen and oxygen atoms in total. The fourth-order valence-corrected chi connectivity index (χ4v) is 2.29. The summed E-state index contributed by atoms with van der Waals surface area (Å²) in [6, 6.07) is 7.83. The summed E-state index contributed by atoms with van der Waals surface area (Å²) in [5, 5.41) is 17.9. The number of hydrogen-bond donors (Lipinski definition) is 2. The number of anilines is 2. The van der Waals surface area contributed by atoms with Gasteiger partial charge in [-0.3, -0.25) is 15.3 Å². The molecule has 0 radical (unpaired) electrons. The maximum Gasteiger partial charge on any atom is 0.0944 e. The molecule has 1 aliphatic heterocycles. The van der Waals surface area contributed by atoms with Gasteiger partial charge in [0.15, 0.2) is 0 Å². The molecule has 0 unspecified atom stereocenters. The van der Waals surface area contributed by atoms with E-state index in [1.54, 1.807) is 12.1 Å². The minimum absolute atomic E-state index is 0.139. The summed E-state index contributed by atoms with van der Waals surface area (Å²) in [5.41, 5.74) is 1.50. The lowest BCUT2D eigenvalue weighted by atomic mass is 10.2. The van der Waals surface area contributed by atoms with Crippen molar-refractivity contribution < 1.29 is 10.4 Å². The van der Waals surface area contributed by atoms with E-state index in [9.17, 15) is 0 Å². The van der Waals surface area contributed by atoms with Crippen LogP contribution in [0, 0.1) is 0 Å². The lowest BCUT2D eigenvalue weighted by molar-refractivity contribution is 0.0291. The second-order valence-electron chi connectivity index (χ2n) is 4.92. The lowest BCUT2D eigenvalue weighted by Gasteiger charge is -2.38. The molecule has 1 aromatic carbocycles. The summed E-state index contributed by atoms with van der Waals surface area (Å²) in [4.78, 5) is 4.79. The Kier molecular flexibility index (Phi) is 4.06. The predicted octanol–water partition coefficient (Wildman–Crippen LogP) is 1.80. The van der Waals surface area contributed by atoms with Crippen LogP contribution in [0.3, 0.4) is 0 Å². The van der Waals surface area contributed by atoms with Crippen molar-refractivity contribution in [3.05, 3.63) is 24.3 Å². The molecule has 2 N–H and O–H groups in total. The Balaban J connectivity index is 1.97. The van der Waals surface area contributed by atoms with Gasteiger partial charge in [-0.15, -0.1) is 5.23 Å². The van der Waals surface area contributed by atoms with Crippen molar-refractivity contribution in [2.24, 2.45) is 0 Å². The maximum absolute atomic E-state index is 8.89. The largest absolute Gasteiger partial charge is 0.369 e. The van der Waals surface area contributed by atoms with Crippen molar-refractivity contribution in [1.82, 2.24) is 4.90 Å². The molecule has 100 valence electrons. The number of piperazine rings is 1. The number of benzene rings is 1. The predicted molar refractivity (Wildman–Crippen MR) is 71.4 cm³/mol. The van der Waals surface area contributed by atoms with Gasteiger partial charge in [0.1, 0.15) is 0 Å². The third-order valence-electron chi connectivity index (χ3n) is 3.49. The van der Waals surface area contributed by atoms with Gasteiger partial charge in [0.25, 0.3) is 0 Å². The van der Waals surface area contributed by atoms with Gasteiger partial charge in [-0.05, 0) is 38.1 Å². The molecular formula is C13H21N3O2. The minimum Gasteiger partial charge on any atom is -0.369 e. The van der Waals surface area contributed by atoms with Gasteiger partial charge in [0, 0.05) is 37.9 Å². The van der Waals surface area contributed by atoms with E-state index >= 15 is 0 Å². The molecule has 5 heteroatoms. The average Bonchev–Trinajstić information content (AvgIpc) is 2.39.